The molecule has 0 radical (unpaired) electrons. The molecule has 3 aromatic carbocycles. The second kappa shape index (κ2) is 32.0. The molecule has 2 heterocycles. The van der Waals surface area contributed by atoms with Crippen LogP contribution in [-0.2, 0) is 43.4 Å². The first kappa shape index (κ1) is 65.5. The zero-order valence-electron chi connectivity index (χ0n) is 52.7. The average Bonchev–Trinajstić information content (AvgIpc) is 2.85. The van der Waals surface area contributed by atoms with Crippen molar-refractivity contribution in [2.75, 3.05) is 41.0 Å². The molecule has 16 nitrogen and oxygen atoms in total. The van der Waals surface area contributed by atoms with Crippen LogP contribution in [0, 0.1) is 35.5 Å². The molecule has 3 N–H and O–H groups in total. The van der Waals surface area contributed by atoms with Crippen molar-refractivity contribution in [3.05, 3.63) is 125 Å². The third-order valence-electron chi connectivity index (χ3n) is 18.3. The largest absolute Gasteiger partial charge is 0.497 e. The second-order valence-electron chi connectivity index (χ2n) is 25.2. The van der Waals surface area contributed by atoms with E-state index in [0.29, 0.717) is 35.3 Å². The van der Waals surface area contributed by atoms with Crippen LogP contribution in [0.2, 0.25) is 0 Å². The van der Waals surface area contributed by atoms with Crippen LogP contribution < -0.4 is 24.8 Å². The number of carbonyl (C=O) groups excluding carboxylic acids is 3. The predicted molar refractivity (Wildman–Crippen MR) is 340 cm³/mol. The van der Waals surface area contributed by atoms with Gasteiger partial charge >= 0.3 is 11.9 Å². The number of methoxy groups -OCH3 is 3. The number of aliphatic carboxylic acids is 1. The summed E-state index contributed by atoms with van der Waals surface area (Å²) in [5.41, 5.74) is 8.40. The Morgan fingerprint density at radius 3 is 1.53 bits per heavy atom. The third-order valence-corrected chi connectivity index (χ3v) is 18.3. The summed E-state index contributed by atoms with van der Waals surface area (Å²) < 4.78 is 21.7. The van der Waals surface area contributed by atoms with Gasteiger partial charge in [0.15, 0.2) is 11.6 Å². The number of ether oxygens (including phenoxy) is 4. The van der Waals surface area contributed by atoms with E-state index in [0.717, 1.165) is 93.9 Å². The molecule has 5 aromatic rings. The highest BCUT2D eigenvalue weighted by Crippen LogP contribution is 2.44. The lowest BCUT2D eigenvalue weighted by Crippen LogP contribution is -2.42. The smallest absolute Gasteiger partial charge is 0.323 e. The normalized spacial score (nSPS) is 20.3. The maximum atomic E-state index is 13.1. The molecule has 9 rings (SSSR count). The highest BCUT2D eigenvalue weighted by atomic mass is 16.6. The Morgan fingerprint density at radius 2 is 1.09 bits per heavy atom. The number of amides is 2. The predicted octanol–water partition coefficient (Wildman–Crippen LogP) is 13.3. The molecule has 0 aliphatic heterocycles. The van der Waals surface area contributed by atoms with Crippen LogP contribution in [0.3, 0.4) is 0 Å². The molecule has 2 aromatic heterocycles. The van der Waals surface area contributed by atoms with Gasteiger partial charge < -0.3 is 39.6 Å². The van der Waals surface area contributed by atoms with Gasteiger partial charge in [-0.2, -0.15) is 0 Å². The van der Waals surface area contributed by atoms with E-state index in [9.17, 15) is 24.3 Å². The number of allylic oxidation sites excluding steroid dienone is 4. The molecule has 4 aliphatic carbocycles. The summed E-state index contributed by atoms with van der Waals surface area (Å²) >= 11 is 0. The van der Waals surface area contributed by atoms with Crippen molar-refractivity contribution in [2.24, 2.45) is 35.5 Å². The van der Waals surface area contributed by atoms with Crippen molar-refractivity contribution >= 4 is 34.9 Å². The maximum Gasteiger partial charge on any atom is 0.323 e. The molecule has 2 saturated carbocycles. The Hall–Kier alpha value is -7.46. The van der Waals surface area contributed by atoms with Gasteiger partial charge in [0.05, 0.1) is 40.8 Å². The van der Waals surface area contributed by atoms with Crippen LogP contribution in [0.4, 0.5) is 0 Å². The van der Waals surface area contributed by atoms with E-state index in [1.54, 1.807) is 50.6 Å². The topological polar surface area (TPSA) is 204 Å². The number of rotatable bonds is 23. The molecule has 466 valence electrons. The van der Waals surface area contributed by atoms with Crippen molar-refractivity contribution in [3.8, 4) is 40.0 Å². The Balaban J connectivity index is 0.000000233. The SMILES string of the molecule is CCC1CCC(C2CC=C(c3cnc(-c4ccc(CN(CC(=O)O)C(=O)CNC(=O)Cc5ccc(OC)cc5)c(OC)c4)nc3)CC2)CC1.CCC1CCC(C2CC=C(c3cnc(-c4ccc(CNCC(=O)OC(C)(C)C)c(OC)c4)nc3)CC2)CC1. The third kappa shape index (κ3) is 19.3. The van der Waals surface area contributed by atoms with Gasteiger partial charge in [-0.1, -0.05) is 101 Å². The Kier molecular flexibility index (Phi) is 24.1. The summed E-state index contributed by atoms with van der Waals surface area (Å²) in [4.78, 5) is 69.0. The number of nitrogens with one attached hydrogen (secondary N) is 2. The number of hydrogen-bond donors (Lipinski definition) is 3. The molecule has 2 amide bonds. The number of carboxylic acids is 1. The van der Waals surface area contributed by atoms with Gasteiger partial charge in [-0.25, -0.2) is 19.9 Å². The van der Waals surface area contributed by atoms with Gasteiger partial charge in [-0.3, -0.25) is 19.2 Å². The van der Waals surface area contributed by atoms with Gasteiger partial charge in [0.2, 0.25) is 11.8 Å². The molecule has 2 unspecified atom stereocenters. The molecule has 16 heteroatoms. The first-order valence-corrected chi connectivity index (χ1v) is 31.7. The van der Waals surface area contributed by atoms with Gasteiger partial charge in [-0.15, -0.1) is 0 Å². The zero-order valence-corrected chi connectivity index (χ0v) is 52.7. The first-order chi connectivity index (χ1) is 42.0. The molecular formula is C71H93N7O9. The van der Waals surface area contributed by atoms with E-state index in [1.165, 1.54) is 107 Å². The molecular weight excluding hydrogens is 1090 g/mol. The van der Waals surface area contributed by atoms with Gasteiger partial charge in [0.1, 0.15) is 29.4 Å². The summed E-state index contributed by atoms with van der Waals surface area (Å²) in [5, 5.41) is 15.2. The lowest BCUT2D eigenvalue weighted by Gasteiger charge is -2.35. The minimum absolute atomic E-state index is 0.0159. The second-order valence-corrected chi connectivity index (χ2v) is 25.2. The summed E-state index contributed by atoms with van der Waals surface area (Å²) in [6, 6.07) is 18.4. The number of esters is 1. The summed E-state index contributed by atoms with van der Waals surface area (Å²) in [5.74, 6) is 6.12. The summed E-state index contributed by atoms with van der Waals surface area (Å²) in [7, 11) is 4.74. The van der Waals surface area contributed by atoms with E-state index < -0.39 is 24.0 Å². The standard InChI is InChI=1S/C39H48N4O6.C32H45N3O3/c1-4-26-5-9-28(10-6-26)29-11-13-30(14-12-29)33-21-41-39(42-22-33)31-15-16-32(35(20-31)49-3)24-43(25-38(46)47)37(45)23-40-36(44)19-27-7-17-34(48-2)18-8-27;1-6-22-7-9-23(10-8-22)24-11-13-25(14-12-24)28-19-34-31(35-20-28)26-15-16-27(29(17-26)37-5)18-33-21-30(36)38-32(2,3)4/h7-8,13,15-18,20-22,26,28-29H,4-6,9-12,14,19,23-25H2,1-3H3,(H,40,44)(H,46,47);13,15-17,19-20,22-24,33H,6-12,14,18,21H2,1-5H3. The molecule has 87 heavy (non-hydrogen) atoms. The molecule has 0 spiro atoms. The first-order valence-electron chi connectivity index (χ1n) is 31.7. The minimum Gasteiger partial charge on any atom is -0.497 e. The summed E-state index contributed by atoms with van der Waals surface area (Å²) in [6.07, 6.45) is 33.5. The average molecular weight is 1190 g/mol. The highest BCUT2D eigenvalue weighted by Gasteiger charge is 2.31. The van der Waals surface area contributed by atoms with Gasteiger partial charge in [0.25, 0.3) is 0 Å². The molecule has 4 aliphatic rings. The molecule has 0 bridgehead atoms. The van der Waals surface area contributed by atoms with Crippen molar-refractivity contribution in [1.29, 1.82) is 0 Å². The number of carbonyl (C=O) groups is 4. The Bertz CT molecular complexity index is 3120. The van der Waals surface area contributed by atoms with Crippen LogP contribution in [0.25, 0.3) is 33.9 Å². The van der Waals surface area contributed by atoms with Crippen LogP contribution in [0.1, 0.15) is 165 Å². The fourth-order valence-corrected chi connectivity index (χ4v) is 13.1. The van der Waals surface area contributed by atoms with Crippen molar-refractivity contribution in [1.82, 2.24) is 35.5 Å². The number of hydrogen-bond acceptors (Lipinski definition) is 13. The van der Waals surface area contributed by atoms with Gasteiger partial charge in [-0.05, 0) is 161 Å². The Labute approximate surface area is 515 Å². The van der Waals surface area contributed by atoms with E-state index in [2.05, 4.69) is 46.6 Å². The van der Waals surface area contributed by atoms with Gasteiger partial charge in [0, 0.05) is 71.3 Å². The fraction of sp³-hybridized carbons (Fsp3) is 0.521. The van der Waals surface area contributed by atoms with Crippen LogP contribution in [-0.4, -0.2) is 100 Å². The maximum absolute atomic E-state index is 13.1. The van der Waals surface area contributed by atoms with E-state index in [-0.39, 0.29) is 37.9 Å². The molecule has 2 atom stereocenters. The van der Waals surface area contributed by atoms with Crippen molar-refractivity contribution < 1.29 is 43.2 Å². The van der Waals surface area contributed by atoms with Crippen LogP contribution in [0.15, 0.2) is 97.6 Å². The van der Waals surface area contributed by atoms with Crippen LogP contribution >= 0.6 is 0 Å². The zero-order chi connectivity index (χ0) is 61.9. The number of carboxylic acid groups (broad SMARTS) is 1. The molecule has 0 saturated heterocycles. The molecule has 2 fully saturated rings. The van der Waals surface area contributed by atoms with Crippen molar-refractivity contribution in [3.63, 3.8) is 0 Å². The number of benzene rings is 3. The monoisotopic (exact) mass is 1190 g/mol. The highest BCUT2D eigenvalue weighted by molar-refractivity contribution is 5.87. The summed E-state index contributed by atoms with van der Waals surface area (Å²) in [6.45, 7) is 10.0. The van der Waals surface area contributed by atoms with E-state index in [4.69, 9.17) is 28.9 Å². The quantitative estimate of drug-likeness (QED) is 0.0521. The number of nitrogens with zero attached hydrogens (tertiary/aromatic N) is 5. The van der Waals surface area contributed by atoms with Crippen molar-refractivity contribution in [2.45, 2.75) is 162 Å². The van der Waals surface area contributed by atoms with E-state index >= 15 is 0 Å². The number of aromatic nitrogens is 4. The minimum atomic E-state index is -1.16. The fourth-order valence-electron chi connectivity index (χ4n) is 13.1. The Morgan fingerprint density at radius 1 is 0.598 bits per heavy atom. The van der Waals surface area contributed by atoms with E-state index in [1.807, 2.05) is 69.8 Å². The lowest BCUT2D eigenvalue weighted by molar-refractivity contribution is -0.153. The lowest BCUT2D eigenvalue weighted by atomic mass is 9.71. The van der Waals surface area contributed by atoms with Crippen LogP contribution in [0.5, 0.6) is 17.2 Å².